The van der Waals surface area contributed by atoms with Crippen molar-refractivity contribution in [1.29, 1.82) is 5.26 Å². The third-order valence-corrected chi connectivity index (χ3v) is 3.75. The molecule has 1 aromatic heterocycles. The molecular weight excluding hydrogens is 260 g/mol. The highest BCUT2D eigenvalue weighted by Gasteiger charge is 2.20. The molecule has 3 rings (SSSR count). The van der Waals surface area contributed by atoms with E-state index in [4.69, 9.17) is 16.9 Å². The maximum Gasteiger partial charge on any atom is 0.101 e. The first-order valence-electron chi connectivity index (χ1n) is 6.25. The van der Waals surface area contributed by atoms with Gasteiger partial charge in [0.25, 0.3) is 0 Å². The quantitative estimate of drug-likeness (QED) is 0.915. The Morgan fingerprint density at radius 3 is 3.05 bits per heavy atom. The average molecular weight is 273 g/mol. The van der Waals surface area contributed by atoms with Gasteiger partial charge in [-0.2, -0.15) is 5.26 Å². The third kappa shape index (κ3) is 2.23. The zero-order valence-corrected chi connectivity index (χ0v) is 11.1. The Bertz CT molecular complexity index is 635. The summed E-state index contributed by atoms with van der Waals surface area (Å²) in [5.74, 6) is 0. The number of hydrogen-bond donors (Lipinski definition) is 1. The Balaban J connectivity index is 2.01. The number of imidazole rings is 1. The molecule has 0 radical (unpaired) electrons. The molecule has 96 valence electrons. The van der Waals surface area contributed by atoms with Crippen LogP contribution in [0.1, 0.15) is 30.1 Å². The fourth-order valence-electron chi connectivity index (χ4n) is 2.46. The minimum Gasteiger partial charge on any atom is -0.309 e. The van der Waals surface area contributed by atoms with Crippen LogP contribution < -0.4 is 5.32 Å². The summed E-state index contributed by atoms with van der Waals surface area (Å²) in [6.07, 6.45) is 5.97. The number of nitrogens with zero attached hydrogens (tertiary/aromatic N) is 3. The molecule has 1 aliphatic rings. The molecule has 5 heteroatoms. The van der Waals surface area contributed by atoms with Crippen LogP contribution in [0.3, 0.4) is 0 Å². The Morgan fingerprint density at radius 1 is 1.47 bits per heavy atom. The van der Waals surface area contributed by atoms with Gasteiger partial charge in [-0.25, -0.2) is 4.98 Å². The summed E-state index contributed by atoms with van der Waals surface area (Å²) in [6, 6.07) is 7.85. The van der Waals surface area contributed by atoms with Crippen LogP contribution >= 0.6 is 11.6 Å². The molecule has 1 atom stereocenters. The Hall–Kier alpha value is -1.83. The maximum atomic E-state index is 8.90. The van der Waals surface area contributed by atoms with Gasteiger partial charge in [-0.15, -0.1) is 0 Å². The standard InChI is InChI=1S/C14H13ClN4/c15-12-6-11(4-3-10(12)7-16)19-9-17-8-14(19)13-2-1-5-18-13/h3-4,6,8-9,13,18H,1-2,5H2. The molecule has 0 saturated carbocycles. The van der Waals surface area contributed by atoms with Gasteiger partial charge in [0.2, 0.25) is 0 Å². The van der Waals surface area contributed by atoms with Gasteiger partial charge in [0.15, 0.2) is 0 Å². The number of nitrogens with one attached hydrogen (secondary N) is 1. The summed E-state index contributed by atoms with van der Waals surface area (Å²) in [5.41, 5.74) is 2.56. The normalized spacial score (nSPS) is 18.4. The van der Waals surface area contributed by atoms with E-state index in [0.29, 0.717) is 16.6 Å². The molecule has 1 aromatic carbocycles. The van der Waals surface area contributed by atoms with Crippen LogP contribution in [0.25, 0.3) is 5.69 Å². The van der Waals surface area contributed by atoms with Crippen molar-refractivity contribution in [1.82, 2.24) is 14.9 Å². The molecule has 1 N–H and O–H groups in total. The lowest BCUT2D eigenvalue weighted by molar-refractivity contribution is 0.615. The lowest BCUT2D eigenvalue weighted by atomic mass is 10.1. The molecule has 19 heavy (non-hydrogen) atoms. The van der Waals surface area contributed by atoms with Crippen LogP contribution in [0, 0.1) is 11.3 Å². The van der Waals surface area contributed by atoms with Crippen molar-refractivity contribution in [3.8, 4) is 11.8 Å². The highest BCUT2D eigenvalue weighted by Crippen LogP contribution is 2.26. The van der Waals surface area contributed by atoms with Crippen molar-refractivity contribution in [2.24, 2.45) is 0 Å². The molecule has 0 amide bonds. The van der Waals surface area contributed by atoms with Crippen molar-refractivity contribution in [2.75, 3.05) is 6.54 Å². The second-order valence-electron chi connectivity index (χ2n) is 4.61. The van der Waals surface area contributed by atoms with E-state index in [2.05, 4.69) is 16.4 Å². The first-order chi connectivity index (χ1) is 9.29. The van der Waals surface area contributed by atoms with Crippen molar-refractivity contribution in [3.63, 3.8) is 0 Å². The second-order valence-corrected chi connectivity index (χ2v) is 5.02. The van der Waals surface area contributed by atoms with Crippen LogP contribution in [0.5, 0.6) is 0 Å². The molecule has 1 saturated heterocycles. The summed E-state index contributed by atoms with van der Waals surface area (Å²) in [6.45, 7) is 1.05. The lowest BCUT2D eigenvalue weighted by Crippen LogP contribution is -2.16. The number of aromatic nitrogens is 2. The predicted octanol–water partition coefficient (Wildman–Crippen LogP) is 2.82. The zero-order valence-electron chi connectivity index (χ0n) is 10.3. The number of nitriles is 1. The van der Waals surface area contributed by atoms with E-state index in [-0.39, 0.29) is 0 Å². The molecule has 2 heterocycles. The van der Waals surface area contributed by atoms with Gasteiger partial charge in [-0.3, -0.25) is 0 Å². The first-order valence-corrected chi connectivity index (χ1v) is 6.63. The smallest absolute Gasteiger partial charge is 0.101 e. The number of hydrogen-bond acceptors (Lipinski definition) is 3. The number of rotatable bonds is 2. The van der Waals surface area contributed by atoms with E-state index in [1.54, 1.807) is 18.5 Å². The molecule has 1 unspecified atom stereocenters. The topological polar surface area (TPSA) is 53.6 Å². The monoisotopic (exact) mass is 272 g/mol. The Kier molecular flexibility index (Phi) is 3.24. The summed E-state index contributed by atoms with van der Waals surface area (Å²) in [5, 5.41) is 12.8. The second kappa shape index (κ2) is 5.04. The van der Waals surface area contributed by atoms with Gasteiger partial charge in [0, 0.05) is 11.7 Å². The molecule has 0 spiro atoms. The van der Waals surface area contributed by atoms with Crippen LogP contribution in [0.15, 0.2) is 30.7 Å². The van der Waals surface area contributed by atoms with E-state index in [9.17, 15) is 0 Å². The van der Waals surface area contributed by atoms with Crippen LogP contribution in [0.4, 0.5) is 0 Å². The average Bonchev–Trinajstić information content (AvgIpc) is 3.09. The number of halogens is 1. The summed E-state index contributed by atoms with van der Waals surface area (Å²) in [4.78, 5) is 4.23. The van der Waals surface area contributed by atoms with Crippen LogP contribution in [0.2, 0.25) is 5.02 Å². The predicted molar refractivity (Wildman–Crippen MR) is 73.3 cm³/mol. The molecule has 0 aliphatic carbocycles. The van der Waals surface area contributed by atoms with Crippen LogP contribution in [-0.2, 0) is 0 Å². The van der Waals surface area contributed by atoms with E-state index in [1.807, 2.05) is 16.8 Å². The Morgan fingerprint density at radius 2 is 2.37 bits per heavy atom. The zero-order chi connectivity index (χ0) is 13.2. The maximum absolute atomic E-state index is 8.90. The van der Waals surface area contributed by atoms with E-state index in [0.717, 1.165) is 24.3 Å². The fourth-order valence-corrected chi connectivity index (χ4v) is 2.68. The highest BCUT2D eigenvalue weighted by molar-refractivity contribution is 6.31. The van der Waals surface area contributed by atoms with Gasteiger partial charge in [0.05, 0.1) is 28.8 Å². The molecule has 0 bridgehead atoms. The fraction of sp³-hybridized carbons (Fsp3) is 0.286. The van der Waals surface area contributed by atoms with Gasteiger partial charge < -0.3 is 9.88 Å². The number of benzene rings is 1. The largest absolute Gasteiger partial charge is 0.309 e. The summed E-state index contributed by atoms with van der Waals surface area (Å²) >= 11 is 6.09. The van der Waals surface area contributed by atoms with Gasteiger partial charge in [-0.1, -0.05) is 11.6 Å². The van der Waals surface area contributed by atoms with Crippen molar-refractivity contribution in [2.45, 2.75) is 18.9 Å². The molecule has 4 nitrogen and oxygen atoms in total. The minimum absolute atomic E-state index is 0.344. The van der Waals surface area contributed by atoms with Gasteiger partial charge in [-0.05, 0) is 37.6 Å². The molecular formula is C14H13ClN4. The first kappa shape index (κ1) is 12.2. The summed E-state index contributed by atoms with van der Waals surface area (Å²) in [7, 11) is 0. The van der Waals surface area contributed by atoms with E-state index < -0.39 is 0 Å². The molecule has 1 aliphatic heterocycles. The van der Waals surface area contributed by atoms with Crippen molar-refractivity contribution < 1.29 is 0 Å². The van der Waals surface area contributed by atoms with Gasteiger partial charge >= 0.3 is 0 Å². The molecule has 2 aromatic rings. The highest BCUT2D eigenvalue weighted by atomic mass is 35.5. The summed E-state index contributed by atoms with van der Waals surface area (Å²) < 4.78 is 2.02. The van der Waals surface area contributed by atoms with Crippen molar-refractivity contribution >= 4 is 11.6 Å². The van der Waals surface area contributed by atoms with E-state index in [1.165, 1.54) is 6.42 Å². The van der Waals surface area contributed by atoms with E-state index >= 15 is 0 Å². The van der Waals surface area contributed by atoms with Crippen LogP contribution in [-0.4, -0.2) is 16.1 Å². The SMILES string of the molecule is N#Cc1ccc(-n2cncc2C2CCCN2)cc1Cl. The lowest BCUT2D eigenvalue weighted by Gasteiger charge is -2.14. The van der Waals surface area contributed by atoms with Gasteiger partial charge in [0.1, 0.15) is 6.07 Å². The Labute approximate surface area is 116 Å². The third-order valence-electron chi connectivity index (χ3n) is 3.44. The minimum atomic E-state index is 0.344. The molecule has 1 fully saturated rings. The van der Waals surface area contributed by atoms with Crippen molar-refractivity contribution in [3.05, 3.63) is 47.0 Å².